The van der Waals surface area contributed by atoms with E-state index in [1.54, 1.807) is 0 Å². The van der Waals surface area contributed by atoms with E-state index in [1.165, 1.54) is 24.8 Å². The van der Waals surface area contributed by atoms with Crippen molar-refractivity contribution in [1.29, 1.82) is 0 Å². The molecule has 1 fully saturated rings. The molecule has 96 valence electrons. The molecular formula is C14H24N2O. The summed E-state index contributed by atoms with van der Waals surface area (Å²) < 4.78 is 0. The van der Waals surface area contributed by atoms with Gasteiger partial charge >= 0.3 is 6.03 Å². The molecule has 3 heteroatoms. The molecule has 17 heavy (non-hydrogen) atoms. The summed E-state index contributed by atoms with van der Waals surface area (Å²) in [5, 5.41) is 0. The predicted molar refractivity (Wildman–Crippen MR) is 69.9 cm³/mol. The molecule has 2 amide bonds. The van der Waals surface area contributed by atoms with Crippen LogP contribution < -0.4 is 0 Å². The van der Waals surface area contributed by atoms with E-state index in [1.807, 2.05) is 9.80 Å². The first kappa shape index (κ1) is 12.5. The van der Waals surface area contributed by atoms with Crippen LogP contribution in [0.3, 0.4) is 0 Å². The molecule has 0 N–H and O–H groups in total. The first-order chi connectivity index (χ1) is 8.18. The van der Waals surface area contributed by atoms with Crippen molar-refractivity contribution >= 4 is 6.03 Å². The minimum absolute atomic E-state index is 0.253. The topological polar surface area (TPSA) is 23.6 Å². The van der Waals surface area contributed by atoms with E-state index < -0.39 is 0 Å². The number of carbonyl (C=O) groups excluding carboxylic acids is 1. The Morgan fingerprint density at radius 3 is 2.35 bits per heavy atom. The summed E-state index contributed by atoms with van der Waals surface area (Å²) in [7, 11) is 0. The third-order valence-corrected chi connectivity index (χ3v) is 3.88. The number of urea groups is 1. The Labute approximate surface area is 104 Å². The van der Waals surface area contributed by atoms with Crippen LogP contribution in [0.15, 0.2) is 11.6 Å². The monoisotopic (exact) mass is 236 g/mol. The molecule has 0 radical (unpaired) electrons. The number of nitrogens with zero attached hydrogens (tertiary/aromatic N) is 2. The zero-order valence-corrected chi connectivity index (χ0v) is 11.1. The maximum absolute atomic E-state index is 12.3. The van der Waals surface area contributed by atoms with Gasteiger partial charge in [0, 0.05) is 26.2 Å². The Bertz CT molecular complexity index is 303. The number of likely N-dealkylation sites (tertiary alicyclic amines) is 1. The average Bonchev–Trinajstić information content (AvgIpc) is 2.39. The van der Waals surface area contributed by atoms with Gasteiger partial charge in [0.25, 0.3) is 0 Å². The van der Waals surface area contributed by atoms with E-state index in [0.717, 1.165) is 32.6 Å². The van der Waals surface area contributed by atoms with Crippen molar-refractivity contribution in [2.75, 3.05) is 26.2 Å². The number of rotatable bonds is 1. The normalized spacial score (nSPS) is 21.7. The quantitative estimate of drug-likeness (QED) is 0.642. The predicted octanol–water partition coefficient (Wildman–Crippen LogP) is 2.88. The van der Waals surface area contributed by atoms with Crippen molar-refractivity contribution in [2.45, 2.75) is 39.5 Å². The molecule has 0 saturated carbocycles. The molecule has 2 heterocycles. The van der Waals surface area contributed by atoms with Crippen molar-refractivity contribution < 1.29 is 4.79 Å². The van der Waals surface area contributed by atoms with Gasteiger partial charge in [-0.15, -0.1) is 0 Å². The van der Waals surface area contributed by atoms with Gasteiger partial charge in [0.2, 0.25) is 0 Å². The number of piperidine rings is 1. The first-order valence-corrected chi connectivity index (χ1v) is 6.91. The minimum atomic E-state index is 0.253. The van der Waals surface area contributed by atoms with E-state index in [-0.39, 0.29) is 6.03 Å². The molecule has 0 aromatic heterocycles. The van der Waals surface area contributed by atoms with Crippen molar-refractivity contribution in [3.63, 3.8) is 0 Å². The lowest BCUT2D eigenvalue weighted by Gasteiger charge is -2.35. The summed E-state index contributed by atoms with van der Waals surface area (Å²) in [5.74, 6) is 0.627. The fourth-order valence-corrected chi connectivity index (χ4v) is 2.67. The van der Waals surface area contributed by atoms with E-state index in [9.17, 15) is 4.79 Å². The molecule has 0 aromatic carbocycles. The second-order valence-electron chi connectivity index (χ2n) is 5.46. The van der Waals surface area contributed by atoms with Gasteiger partial charge in [-0.25, -0.2) is 4.79 Å². The molecular weight excluding hydrogens is 212 g/mol. The second kappa shape index (κ2) is 5.56. The zero-order valence-electron chi connectivity index (χ0n) is 11.1. The standard InChI is InChI=1S/C14H24N2O/c1-12(2)13-6-10-16(11-7-13)14(17)15-8-4-3-5-9-15/h6,12H,3-5,7-11H2,1-2H3. The molecule has 0 bridgehead atoms. The Morgan fingerprint density at radius 2 is 1.82 bits per heavy atom. The van der Waals surface area contributed by atoms with E-state index >= 15 is 0 Å². The Hall–Kier alpha value is -0.990. The van der Waals surface area contributed by atoms with Gasteiger partial charge in [0.15, 0.2) is 0 Å². The molecule has 0 aliphatic carbocycles. The third-order valence-electron chi connectivity index (χ3n) is 3.88. The number of hydrogen-bond donors (Lipinski definition) is 0. The fourth-order valence-electron chi connectivity index (χ4n) is 2.67. The SMILES string of the molecule is CC(C)C1=CCN(C(=O)N2CCCCC2)CC1. The Kier molecular flexibility index (Phi) is 4.08. The van der Waals surface area contributed by atoms with Crippen molar-refractivity contribution in [3.8, 4) is 0 Å². The lowest BCUT2D eigenvalue weighted by atomic mass is 9.97. The maximum Gasteiger partial charge on any atom is 0.320 e. The lowest BCUT2D eigenvalue weighted by Crippen LogP contribution is -2.47. The van der Waals surface area contributed by atoms with Crippen LogP contribution in [0.2, 0.25) is 0 Å². The minimum Gasteiger partial charge on any atom is -0.325 e. The molecule has 2 aliphatic rings. The van der Waals surface area contributed by atoms with Crippen LogP contribution in [0, 0.1) is 5.92 Å². The molecule has 2 aliphatic heterocycles. The summed E-state index contributed by atoms with van der Waals surface area (Å²) >= 11 is 0. The average molecular weight is 236 g/mol. The van der Waals surface area contributed by atoms with Gasteiger partial charge in [-0.05, 0) is 31.6 Å². The highest BCUT2D eigenvalue weighted by molar-refractivity contribution is 5.75. The van der Waals surface area contributed by atoms with Crippen LogP contribution in [0.25, 0.3) is 0 Å². The van der Waals surface area contributed by atoms with Crippen LogP contribution in [0.5, 0.6) is 0 Å². The summed E-state index contributed by atoms with van der Waals surface area (Å²) in [6.45, 7) is 8.08. The van der Waals surface area contributed by atoms with Crippen molar-refractivity contribution in [1.82, 2.24) is 9.80 Å². The van der Waals surface area contributed by atoms with E-state index in [2.05, 4.69) is 19.9 Å². The zero-order chi connectivity index (χ0) is 12.3. The highest BCUT2D eigenvalue weighted by Gasteiger charge is 2.24. The van der Waals surface area contributed by atoms with Gasteiger partial charge in [0.05, 0.1) is 0 Å². The fraction of sp³-hybridized carbons (Fsp3) is 0.786. The highest BCUT2D eigenvalue weighted by Crippen LogP contribution is 2.20. The van der Waals surface area contributed by atoms with E-state index in [0.29, 0.717) is 5.92 Å². The molecule has 2 rings (SSSR count). The molecule has 0 atom stereocenters. The lowest BCUT2D eigenvalue weighted by molar-refractivity contribution is 0.146. The van der Waals surface area contributed by atoms with Crippen LogP contribution in [-0.4, -0.2) is 42.0 Å². The van der Waals surface area contributed by atoms with Crippen LogP contribution in [0.4, 0.5) is 4.79 Å². The summed E-state index contributed by atoms with van der Waals surface area (Å²) in [4.78, 5) is 16.3. The summed E-state index contributed by atoms with van der Waals surface area (Å²) in [6, 6.07) is 0.253. The molecule has 0 aromatic rings. The van der Waals surface area contributed by atoms with Crippen LogP contribution in [0.1, 0.15) is 39.5 Å². The van der Waals surface area contributed by atoms with Gasteiger partial charge in [0.1, 0.15) is 0 Å². The molecule has 0 spiro atoms. The summed E-state index contributed by atoms with van der Waals surface area (Å²) in [5.41, 5.74) is 1.51. The van der Waals surface area contributed by atoms with Gasteiger partial charge in [-0.2, -0.15) is 0 Å². The number of carbonyl (C=O) groups is 1. The largest absolute Gasteiger partial charge is 0.325 e. The Morgan fingerprint density at radius 1 is 1.12 bits per heavy atom. The second-order valence-corrected chi connectivity index (χ2v) is 5.46. The third kappa shape index (κ3) is 3.02. The van der Waals surface area contributed by atoms with Gasteiger partial charge in [-0.3, -0.25) is 0 Å². The van der Waals surface area contributed by atoms with Crippen molar-refractivity contribution in [2.24, 2.45) is 5.92 Å². The smallest absolute Gasteiger partial charge is 0.320 e. The molecule has 0 unspecified atom stereocenters. The highest BCUT2D eigenvalue weighted by atomic mass is 16.2. The molecule has 3 nitrogen and oxygen atoms in total. The summed E-state index contributed by atoms with van der Waals surface area (Å²) in [6.07, 6.45) is 6.92. The van der Waals surface area contributed by atoms with Crippen LogP contribution in [-0.2, 0) is 0 Å². The maximum atomic E-state index is 12.3. The van der Waals surface area contributed by atoms with Gasteiger partial charge in [-0.1, -0.05) is 25.5 Å². The van der Waals surface area contributed by atoms with Crippen molar-refractivity contribution in [3.05, 3.63) is 11.6 Å². The van der Waals surface area contributed by atoms with Crippen LogP contribution >= 0.6 is 0 Å². The first-order valence-electron chi connectivity index (χ1n) is 6.91. The van der Waals surface area contributed by atoms with E-state index in [4.69, 9.17) is 0 Å². The molecule has 1 saturated heterocycles. The number of amides is 2. The van der Waals surface area contributed by atoms with Gasteiger partial charge < -0.3 is 9.80 Å². The number of hydrogen-bond acceptors (Lipinski definition) is 1. The Balaban J connectivity index is 1.89.